The van der Waals surface area contributed by atoms with E-state index in [9.17, 15) is 9.59 Å². The standard InChI is InChI=1S/C24H22BrClN2O4/c25-16-4-7-19-18(14-16)22(29)20-21(15-2-5-17(26)6-3-15)28(24(30)23(20)32-19)9-1-8-27-10-12-31-13-11-27/h2-7,14,21H,1,8-13H2. The summed E-state index contributed by atoms with van der Waals surface area (Å²) < 4.78 is 12.2. The quantitative estimate of drug-likeness (QED) is 0.499. The number of hydrogen-bond acceptors (Lipinski definition) is 5. The molecular formula is C24H22BrClN2O4. The third-order valence-corrected chi connectivity index (χ3v) is 6.84. The number of carbonyl (C=O) groups excluding carboxylic acids is 1. The van der Waals surface area contributed by atoms with Gasteiger partial charge in [0.15, 0.2) is 5.43 Å². The maximum absolute atomic E-state index is 13.5. The number of ether oxygens (including phenoxy) is 1. The molecule has 2 aliphatic heterocycles. The average Bonchev–Trinajstić information content (AvgIpc) is 3.08. The average molecular weight is 518 g/mol. The van der Waals surface area contributed by atoms with E-state index in [1.54, 1.807) is 35.2 Å². The summed E-state index contributed by atoms with van der Waals surface area (Å²) in [6, 6.07) is 12.1. The number of nitrogens with zero attached hydrogens (tertiary/aromatic N) is 2. The number of halogens is 2. The van der Waals surface area contributed by atoms with E-state index in [1.807, 2.05) is 12.1 Å². The van der Waals surface area contributed by atoms with Gasteiger partial charge in [0.1, 0.15) is 5.58 Å². The largest absolute Gasteiger partial charge is 0.450 e. The minimum Gasteiger partial charge on any atom is -0.450 e. The Labute approximate surface area is 198 Å². The molecule has 166 valence electrons. The van der Waals surface area contributed by atoms with Gasteiger partial charge in [-0.25, -0.2) is 0 Å². The van der Waals surface area contributed by atoms with Crippen molar-refractivity contribution in [3.8, 4) is 0 Å². The van der Waals surface area contributed by atoms with Crippen molar-refractivity contribution in [2.45, 2.75) is 12.5 Å². The molecule has 32 heavy (non-hydrogen) atoms. The smallest absolute Gasteiger partial charge is 0.290 e. The van der Waals surface area contributed by atoms with E-state index in [0.717, 1.165) is 49.3 Å². The van der Waals surface area contributed by atoms with Gasteiger partial charge in [0, 0.05) is 35.7 Å². The Hall–Kier alpha value is -2.19. The van der Waals surface area contributed by atoms with Crippen LogP contribution in [0.15, 0.2) is 56.1 Å². The minimum atomic E-state index is -0.501. The molecule has 0 bridgehead atoms. The molecule has 5 rings (SSSR count). The van der Waals surface area contributed by atoms with Crippen LogP contribution in [0.4, 0.5) is 0 Å². The van der Waals surface area contributed by atoms with E-state index in [4.69, 9.17) is 20.8 Å². The Kier molecular flexibility index (Phi) is 6.07. The van der Waals surface area contributed by atoms with Crippen LogP contribution in [-0.2, 0) is 4.74 Å². The van der Waals surface area contributed by atoms with Crippen LogP contribution in [0, 0.1) is 0 Å². The fourth-order valence-corrected chi connectivity index (χ4v) is 4.99. The maximum Gasteiger partial charge on any atom is 0.290 e. The highest BCUT2D eigenvalue weighted by Crippen LogP contribution is 2.38. The number of amides is 1. The summed E-state index contributed by atoms with van der Waals surface area (Å²) in [7, 11) is 0. The molecule has 1 unspecified atom stereocenters. The van der Waals surface area contributed by atoms with Crippen molar-refractivity contribution in [1.29, 1.82) is 0 Å². The molecule has 6 nitrogen and oxygen atoms in total. The molecule has 1 aromatic heterocycles. The lowest BCUT2D eigenvalue weighted by Crippen LogP contribution is -2.38. The third kappa shape index (κ3) is 3.99. The number of hydrogen-bond donors (Lipinski definition) is 0. The third-order valence-electron chi connectivity index (χ3n) is 6.09. The van der Waals surface area contributed by atoms with Crippen LogP contribution < -0.4 is 5.43 Å². The Morgan fingerprint density at radius 2 is 1.78 bits per heavy atom. The molecule has 2 aromatic carbocycles. The van der Waals surface area contributed by atoms with Crippen LogP contribution in [0.1, 0.15) is 34.1 Å². The molecule has 3 aromatic rings. The zero-order chi connectivity index (χ0) is 22.2. The minimum absolute atomic E-state index is 0.135. The fourth-order valence-electron chi connectivity index (χ4n) is 4.50. The molecule has 0 saturated carbocycles. The van der Waals surface area contributed by atoms with Crippen LogP contribution in [-0.4, -0.2) is 55.1 Å². The van der Waals surface area contributed by atoms with E-state index >= 15 is 0 Å². The number of carbonyl (C=O) groups is 1. The first-order valence-electron chi connectivity index (χ1n) is 10.7. The van der Waals surface area contributed by atoms with E-state index in [2.05, 4.69) is 20.8 Å². The van der Waals surface area contributed by atoms with Gasteiger partial charge in [-0.15, -0.1) is 0 Å². The van der Waals surface area contributed by atoms with Crippen molar-refractivity contribution < 1.29 is 13.9 Å². The fraction of sp³-hybridized carbons (Fsp3) is 0.333. The van der Waals surface area contributed by atoms with E-state index < -0.39 is 6.04 Å². The molecule has 1 atom stereocenters. The summed E-state index contributed by atoms with van der Waals surface area (Å²) >= 11 is 9.52. The molecule has 0 aliphatic carbocycles. The molecule has 3 heterocycles. The monoisotopic (exact) mass is 516 g/mol. The van der Waals surface area contributed by atoms with Gasteiger partial charge < -0.3 is 14.1 Å². The van der Waals surface area contributed by atoms with Gasteiger partial charge in [-0.1, -0.05) is 39.7 Å². The van der Waals surface area contributed by atoms with Crippen LogP contribution in [0.5, 0.6) is 0 Å². The topological polar surface area (TPSA) is 63.0 Å². The molecule has 0 spiro atoms. The molecule has 1 saturated heterocycles. The lowest BCUT2D eigenvalue weighted by atomic mass is 9.98. The zero-order valence-corrected chi connectivity index (χ0v) is 19.7. The molecule has 1 amide bonds. The van der Waals surface area contributed by atoms with Crippen molar-refractivity contribution in [2.24, 2.45) is 0 Å². The molecule has 1 fully saturated rings. The summed E-state index contributed by atoms with van der Waals surface area (Å²) in [6.07, 6.45) is 0.795. The zero-order valence-electron chi connectivity index (χ0n) is 17.4. The van der Waals surface area contributed by atoms with Gasteiger partial charge in [0.25, 0.3) is 5.91 Å². The maximum atomic E-state index is 13.5. The first kappa shape index (κ1) is 21.6. The summed E-state index contributed by atoms with van der Waals surface area (Å²) in [5.41, 5.74) is 1.48. The van der Waals surface area contributed by atoms with Crippen LogP contribution in [0.25, 0.3) is 11.0 Å². The number of benzene rings is 2. The van der Waals surface area contributed by atoms with Crippen molar-refractivity contribution >= 4 is 44.4 Å². The van der Waals surface area contributed by atoms with Crippen LogP contribution in [0.3, 0.4) is 0 Å². The summed E-state index contributed by atoms with van der Waals surface area (Å²) in [4.78, 5) is 31.0. The molecular weight excluding hydrogens is 496 g/mol. The normalized spacial score (nSPS) is 19.0. The Morgan fingerprint density at radius 3 is 2.53 bits per heavy atom. The highest BCUT2D eigenvalue weighted by molar-refractivity contribution is 9.10. The highest BCUT2D eigenvalue weighted by atomic mass is 79.9. The second kappa shape index (κ2) is 8.98. The Bertz CT molecular complexity index is 1220. The molecule has 0 N–H and O–H groups in total. The predicted molar refractivity (Wildman–Crippen MR) is 126 cm³/mol. The Morgan fingerprint density at radius 1 is 1.03 bits per heavy atom. The second-order valence-electron chi connectivity index (χ2n) is 8.07. The highest BCUT2D eigenvalue weighted by Gasteiger charge is 2.42. The molecule has 8 heteroatoms. The lowest BCUT2D eigenvalue weighted by molar-refractivity contribution is 0.0353. The lowest BCUT2D eigenvalue weighted by Gasteiger charge is -2.29. The van der Waals surface area contributed by atoms with Crippen LogP contribution >= 0.6 is 27.5 Å². The number of fused-ring (bicyclic) bond motifs is 2. The van der Waals surface area contributed by atoms with Crippen molar-refractivity contribution in [3.63, 3.8) is 0 Å². The van der Waals surface area contributed by atoms with Gasteiger partial charge in [-0.3, -0.25) is 14.5 Å². The number of morpholine rings is 1. The van der Waals surface area contributed by atoms with Gasteiger partial charge in [0.05, 0.1) is 30.2 Å². The number of rotatable bonds is 5. The van der Waals surface area contributed by atoms with Crippen LogP contribution in [0.2, 0.25) is 5.02 Å². The van der Waals surface area contributed by atoms with E-state index in [1.165, 1.54) is 0 Å². The first-order valence-corrected chi connectivity index (χ1v) is 11.8. The first-order chi connectivity index (χ1) is 15.5. The van der Waals surface area contributed by atoms with Gasteiger partial charge >= 0.3 is 0 Å². The van der Waals surface area contributed by atoms with Gasteiger partial charge in [-0.2, -0.15) is 0 Å². The van der Waals surface area contributed by atoms with Crippen molar-refractivity contribution in [1.82, 2.24) is 9.80 Å². The summed E-state index contributed by atoms with van der Waals surface area (Å²) in [5.74, 6) is -0.111. The molecule has 0 radical (unpaired) electrons. The summed E-state index contributed by atoms with van der Waals surface area (Å²) in [6.45, 7) is 4.66. The van der Waals surface area contributed by atoms with Crippen molar-refractivity contribution in [2.75, 3.05) is 39.4 Å². The van der Waals surface area contributed by atoms with E-state index in [0.29, 0.717) is 28.1 Å². The molecule has 2 aliphatic rings. The van der Waals surface area contributed by atoms with Gasteiger partial charge in [0.2, 0.25) is 5.76 Å². The Balaban J connectivity index is 1.53. The van der Waals surface area contributed by atoms with E-state index in [-0.39, 0.29) is 17.1 Å². The second-order valence-corrected chi connectivity index (χ2v) is 9.43. The summed E-state index contributed by atoms with van der Waals surface area (Å²) in [5, 5.41) is 1.06. The SMILES string of the molecule is O=C1c2oc3ccc(Br)cc3c(=O)c2C(c2ccc(Cl)cc2)N1CCCN1CCOCC1. The van der Waals surface area contributed by atoms with Gasteiger partial charge in [-0.05, 0) is 42.3 Å². The van der Waals surface area contributed by atoms with Crippen molar-refractivity contribution in [3.05, 3.63) is 79.1 Å². The predicted octanol–water partition coefficient (Wildman–Crippen LogP) is 4.48.